The summed E-state index contributed by atoms with van der Waals surface area (Å²) in [5, 5.41) is 5.22. The zero-order valence-electron chi connectivity index (χ0n) is 19.2. The summed E-state index contributed by atoms with van der Waals surface area (Å²) >= 11 is 0.977. The molecule has 0 radical (unpaired) electrons. The highest BCUT2D eigenvalue weighted by Crippen LogP contribution is 2.22. The number of anilines is 1. The minimum Gasteiger partial charge on any atom is -0.468 e. The third-order valence-corrected chi connectivity index (χ3v) is 8.46. The second kappa shape index (κ2) is 10.3. The van der Waals surface area contributed by atoms with Gasteiger partial charge in [0.05, 0.1) is 27.1 Å². The van der Waals surface area contributed by atoms with Crippen LogP contribution in [0.2, 0.25) is 0 Å². The first-order valence-corrected chi connectivity index (χ1v) is 14.3. The third-order valence-electron chi connectivity index (χ3n) is 5.11. The number of thiazole rings is 1. The van der Waals surface area contributed by atoms with Crippen LogP contribution in [0.25, 0.3) is 10.2 Å². The van der Waals surface area contributed by atoms with E-state index < -0.39 is 31.9 Å². The molecule has 0 bridgehead atoms. The van der Waals surface area contributed by atoms with Crippen LogP contribution in [0.4, 0.5) is 5.69 Å². The molecule has 0 fully saturated rings. The molecule has 37 heavy (non-hydrogen) atoms. The van der Waals surface area contributed by atoms with Crippen molar-refractivity contribution in [2.75, 3.05) is 11.8 Å². The number of methoxy groups -OCH3 is 1. The van der Waals surface area contributed by atoms with Crippen molar-refractivity contribution in [3.05, 3.63) is 83.2 Å². The van der Waals surface area contributed by atoms with Crippen LogP contribution in [-0.2, 0) is 36.1 Å². The van der Waals surface area contributed by atoms with Gasteiger partial charge in [0, 0.05) is 11.3 Å². The van der Waals surface area contributed by atoms with E-state index in [0.29, 0.717) is 10.2 Å². The Balaban J connectivity index is 1.74. The van der Waals surface area contributed by atoms with Gasteiger partial charge in [0.25, 0.3) is 15.9 Å². The van der Waals surface area contributed by atoms with Gasteiger partial charge >= 0.3 is 5.97 Å². The van der Waals surface area contributed by atoms with E-state index in [0.717, 1.165) is 11.3 Å². The number of sulfonamides is 2. The fourth-order valence-corrected chi connectivity index (χ4v) is 6.10. The molecular weight excluding hydrogens is 540 g/mol. The van der Waals surface area contributed by atoms with E-state index in [1.807, 2.05) is 0 Å². The molecule has 0 atom stereocenters. The number of nitrogens with two attached hydrogens (primary N) is 1. The van der Waals surface area contributed by atoms with Crippen LogP contribution >= 0.6 is 11.3 Å². The fourth-order valence-electron chi connectivity index (χ4n) is 3.34. The van der Waals surface area contributed by atoms with Crippen molar-refractivity contribution < 1.29 is 31.2 Å². The van der Waals surface area contributed by atoms with Gasteiger partial charge in [-0.25, -0.2) is 22.0 Å². The summed E-state index contributed by atoms with van der Waals surface area (Å²) in [6.45, 7) is -0.283. The van der Waals surface area contributed by atoms with E-state index in [9.17, 15) is 26.4 Å². The van der Waals surface area contributed by atoms with Gasteiger partial charge in [-0.1, -0.05) is 35.6 Å². The molecule has 0 saturated heterocycles. The zero-order chi connectivity index (χ0) is 26.8. The summed E-state index contributed by atoms with van der Waals surface area (Å²) in [6, 6.07) is 17.6. The second-order valence-corrected chi connectivity index (χ2v) is 11.9. The number of primary sulfonamides is 1. The monoisotopic (exact) mass is 560 g/mol. The molecule has 11 nitrogen and oxygen atoms in total. The Bertz CT molecular complexity index is 1790. The number of amides is 1. The highest BCUT2D eigenvalue weighted by molar-refractivity contribution is 7.92. The SMILES string of the molecule is COC(=O)Cn1c(=NC(=O)c2cccc(NS(=O)(=O)c3ccccc3)c2)sc2cc(S(N)(=O)=O)ccc21. The Morgan fingerprint density at radius 2 is 1.70 bits per heavy atom. The Morgan fingerprint density at radius 3 is 2.38 bits per heavy atom. The van der Waals surface area contributed by atoms with Crippen LogP contribution in [0, 0.1) is 0 Å². The average molecular weight is 561 g/mol. The van der Waals surface area contributed by atoms with Gasteiger partial charge < -0.3 is 9.30 Å². The summed E-state index contributed by atoms with van der Waals surface area (Å²) in [5.74, 6) is -1.32. The maximum absolute atomic E-state index is 13.0. The molecule has 4 aromatic rings. The molecule has 4 rings (SSSR count). The van der Waals surface area contributed by atoms with Crippen molar-refractivity contribution >= 4 is 59.2 Å². The number of nitrogens with one attached hydrogen (secondary N) is 1. The van der Waals surface area contributed by atoms with Crippen molar-refractivity contribution in [2.45, 2.75) is 16.3 Å². The predicted molar refractivity (Wildman–Crippen MR) is 137 cm³/mol. The van der Waals surface area contributed by atoms with E-state index in [2.05, 4.69) is 9.71 Å². The topological polar surface area (TPSA) is 167 Å². The zero-order valence-corrected chi connectivity index (χ0v) is 21.6. The molecule has 0 aliphatic carbocycles. The lowest BCUT2D eigenvalue weighted by Gasteiger charge is -2.08. The normalized spacial score (nSPS) is 12.4. The Kier molecular flexibility index (Phi) is 7.27. The highest BCUT2D eigenvalue weighted by Gasteiger charge is 2.17. The van der Waals surface area contributed by atoms with Crippen LogP contribution in [0.5, 0.6) is 0 Å². The second-order valence-electron chi connectivity index (χ2n) is 7.64. The Labute approximate surface area is 216 Å². The first-order chi connectivity index (χ1) is 17.5. The maximum Gasteiger partial charge on any atom is 0.325 e. The van der Waals surface area contributed by atoms with Crippen molar-refractivity contribution in [1.29, 1.82) is 0 Å². The number of hydrogen-bond acceptors (Lipinski definition) is 8. The molecule has 1 aromatic heterocycles. The third kappa shape index (κ3) is 5.94. The minimum absolute atomic E-state index is 0.0596. The van der Waals surface area contributed by atoms with Crippen molar-refractivity contribution in [3.63, 3.8) is 0 Å². The molecule has 0 saturated carbocycles. The molecule has 0 spiro atoms. The van der Waals surface area contributed by atoms with Gasteiger partial charge in [0.1, 0.15) is 6.54 Å². The Morgan fingerprint density at radius 1 is 0.973 bits per heavy atom. The minimum atomic E-state index is -3.98. The summed E-state index contributed by atoms with van der Waals surface area (Å²) in [5.41, 5.74) is 0.681. The average Bonchev–Trinajstić information content (AvgIpc) is 3.19. The molecule has 14 heteroatoms. The molecule has 3 N–H and O–H groups in total. The molecule has 0 aliphatic heterocycles. The van der Waals surface area contributed by atoms with Gasteiger partial charge in [0.2, 0.25) is 10.0 Å². The van der Waals surface area contributed by atoms with Crippen LogP contribution in [0.3, 0.4) is 0 Å². The van der Waals surface area contributed by atoms with Crippen molar-refractivity contribution in [3.8, 4) is 0 Å². The van der Waals surface area contributed by atoms with E-state index >= 15 is 0 Å². The number of benzene rings is 3. The lowest BCUT2D eigenvalue weighted by molar-refractivity contribution is -0.141. The van der Waals surface area contributed by atoms with E-state index in [4.69, 9.17) is 9.88 Å². The number of carbonyl (C=O) groups is 2. The van der Waals surface area contributed by atoms with Gasteiger partial charge in [-0.15, -0.1) is 0 Å². The first-order valence-electron chi connectivity index (χ1n) is 10.5. The first kappa shape index (κ1) is 26.2. The number of esters is 1. The quantitative estimate of drug-likeness (QED) is 0.326. The van der Waals surface area contributed by atoms with Crippen LogP contribution < -0.4 is 14.7 Å². The number of nitrogens with zero attached hydrogens (tertiary/aromatic N) is 2. The van der Waals surface area contributed by atoms with E-state index in [-0.39, 0.29) is 32.4 Å². The predicted octanol–water partition coefficient (Wildman–Crippen LogP) is 2.07. The van der Waals surface area contributed by atoms with Crippen LogP contribution in [0.15, 0.2) is 87.6 Å². The van der Waals surface area contributed by atoms with E-state index in [1.165, 1.54) is 66.3 Å². The number of hydrogen-bond donors (Lipinski definition) is 2. The lowest BCUT2D eigenvalue weighted by Crippen LogP contribution is -2.22. The molecule has 1 amide bonds. The molecule has 0 aliphatic rings. The largest absolute Gasteiger partial charge is 0.468 e. The van der Waals surface area contributed by atoms with Gasteiger partial charge in [-0.05, 0) is 48.5 Å². The molecule has 192 valence electrons. The smallest absolute Gasteiger partial charge is 0.325 e. The Hall–Kier alpha value is -3.85. The highest BCUT2D eigenvalue weighted by atomic mass is 32.2. The summed E-state index contributed by atoms with van der Waals surface area (Å²) in [7, 11) is -6.65. The van der Waals surface area contributed by atoms with E-state index in [1.54, 1.807) is 18.2 Å². The van der Waals surface area contributed by atoms with Crippen LogP contribution in [0.1, 0.15) is 10.4 Å². The fraction of sp³-hybridized carbons (Fsp3) is 0.0870. The van der Waals surface area contributed by atoms with Gasteiger partial charge in [-0.3, -0.25) is 14.3 Å². The summed E-state index contributed by atoms with van der Waals surface area (Å²) in [4.78, 5) is 29.2. The molecule has 3 aromatic carbocycles. The molecular formula is C23H20N4O7S3. The maximum atomic E-state index is 13.0. The molecule has 1 heterocycles. The van der Waals surface area contributed by atoms with Crippen molar-refractivity contribution in [2.24, 2.45) is 10.1 Å². The van der Waals surface area contributed by atoms with Gasteiger partial charge in [0.15, 0.2) is 4.80 Å². The number of carbonyl (C=O) groups excluding carboxylic acids is 2. The van der Waals surface area contributed by atoms with Crippen LogP contribution in [-0.4, -0.2) is 40.4 Å². The summed E-state index contributed by atoms with van der Waals surface area (Å²) < 4.78 is 57.8. The number of aromatic nitrogens is 1. The number of fused-ring (bicyclic) bond motifs is 1. The standard InChI is InChI=1S/C23H20N4O7S3/c1-34-21(28)14-27-19-11-10-18(36(24,30)31)13-20(19)35-23(27)25-22(29)15-6-5-7-16(12-15)26-37(32,33)17-8-3-2-4-9-17/h2-13,26H,14H2,1H3,(H2,24,30,31). The lowest BCUT2D eigenvalue weighted by atomic mass is 10.2. The molecule has 0 unspecified atom stereocenters. The number of ether oxygens (including phenoxy) is 1. The van der Waals surface area contributed by atoms with Gasteiger partial charge in [-0.2, -0.15) is 4.99 Å². The summed E-state index contributed by atoms with van der Waals surface area (Å²) in [6.07, 6.45) is 0. The van der Waals surface area contributed by atoms with Crippen molar-refractivity contribution in [1.82, 2.24) is 4.57 Å². The number of rotatable bonds is 7.